The SMILES string of the molecule is O=C(Nc1cccnc1)N[C@@H]1CCN(c2nc(NCC(c3ccccc3)c3ccccc3)c3ncn([C@@H]4C[C@H](N5C(=O)CNC5=O)[C@@H](O)[C@H]4O)c3n2)C1.O=C(O)C(F)(F)F. The van der Waals surface area contributed by atoms with Crippen LogP contribution in [0.25, 0.3) is 11.2 Å². The molecule has 2 aliphatic heterocycles. The summed E-state index contributed by atoms with van der Waals surface area (Å²) in [6, 6.07) is 21.1. The Bertz CT molecular complexity index is 2270. The Morgan fingerprint density at radius 1 is 0.933 bits per heavy atom. The lowest BCUT2D eigenvalue weighted by Gasteiger charge is -2.23. The van der Waals surface area contributed by atoms with Gasteiger partial charge in [0.15, 0.2) is 17.0 Å². The molecule has 3 aromatic heterocycles. The molecule has 0 bridgehead atoms. The number of carboxylic acids is 1. The summed E-state index contributed by atoms with van der Waals surface area (Å²) in [7, 11) is 0. The number of nitrogens with zero attached hydrogens (tertiary/aromatic N) is 7. The van der Waals surface area contributed by atoms with E-state index in [1.165, 1.54) is 0 Å². The number of hydrogen-bond donors (Lipinski definition) is 7. The molecule has 8 rings (SSSR count). The molecule has 5 atom stereocenters. The molecule has 0 spiro atoms. The van der Waals surface area contributed by atoms with Gasteiger partial charge in [-0.15, -0.1) is 0 Å². The number of nitrogens with one attached hydrogen (secondary N) is 4. The first-order chi connectivity index (χ1) is 28.8. The fourth-order valence-electron chi connectivity index (χ4n) is 7.55. The van der Waals surface area contributed by atoms with Crippen molar-refractivity contribution in [1.82, 2.24) is 40.0 Å². The predicted octanol–water partition coefficient (Wildman–Crippen LogP) is 3.09. The highest BCUT2D eigenvalue weighted by Gasteiger charge is 2.50. The van der Waals surface area contributed by atoms with Gasteiger partial charge in [-0.25, -0.2) is 19.4 Å². The number of imidazole rings is 1. The number of alkyl halides is 3. The fraction of sp³-hybridized carbons (Fsp3) is 0.333. The van der Waals surface area contributed by atoms with Crippen LogP contribution >= 0.6 is 0 Å². The van der Waals surface area contributed by atoms with E-state index in [0.29, 0.717) is 54.7 Å². The maximum Gasteiger partial charge on any atom is 0.490 e. The van der Waals surface area contributed by atoms with Gasteiger partial charge in [-0.2, -0.15) is 23.1 Å². The average Bonchev–Trinajstić information content (AvgIpc) is 4.02. The Labute approximate surface area is 339 Å². The van der Waals surface area contributed by atoms with Crippen LogP contribution in [0.5, 0.6) is 0 Å². The van der Waals surface area contributed by atoms with Crippen molar-refractivity contribution < 1.29 is 47.7 Å². The number of urea groups is 2. The number of aliphatic hydroxyl groups is 2. The topological polar surface area (TPSA) is 240 Å². The summed E-state index contributed by atoms with van der Waals surface area (Å²) in [6.45, 7) is 1.32. The number of carbonyl (C=O) groups is 4. The molecule has 1 saturated carbocycles. The van der Waals surface area contributed by atoms with Crippen LogP contribution in [0, 0.1) is 0 Å². The first-order valence-corrected chi connectivity index (χ1v) is 18.9. The van der Waals surface area contributed by atoms with Gasteiger partial charge in [0.1, 0.15) is 12.2 Å². The highest BCUT2D eigenvalue weighted by atomic mass is 19.4. The Kier molecular flexibility index (Phi) is 12.1. The van der Waals surface area contributed by atoms with Gasteiger partial charge in [-0.3, -0.25) is 14.7 Å². The molecule has 3 aliphatic rings. The summed E-state index contributed by atoms with van der Waals surface area (Å²) in [5, 5.41) is 41.4. The number of imide groups is 1. The second-order valence-electron chi connectivity index (χ2n) is 14.3. The number of fused-ring (bicyclic) bond motifs is 1. The summed E-state index contributed by atoms with van der Waals surface area (Å²) in [6.07, 6.45) is -2.27. The molecule has 5 amide bonds. The second-order valence-corrected chi connectivity index (χ2v) is 14.3. The largest absolute Gasteiger partial charge is 0.490 e. The maximum absolute atomic E-state index is 12.8. The highest BCUT2D eigenvalue weighted by Crippen LogP contribution is 2.38. The molecule has 7 N–H and O–H groups in total. The van der Waals surface area contributed by atoms with Gasteiger partial charge >= 0.3 is 24.2 Å². The summed E-state index contributed by atoms with van der Waals surface area (Å²) >= 11 is 0. The number of hydrogen-bond acceptors (Lipinski definition) is 12. The molecule has 5 heterocycles. The Morgan fingerprint density at radius 3 is 2.20 bits per heavy atom. The van der Waals surface area contributed by atoms with E-state index in [1.54, 1.807) is 35.4 Å². The van der Waals surface area contributed by atoms with E-state index < -0.39 is 48.4 Å². The van der Waals surface area contributed by atoms with Gasteiger partial charge in [0, 0.05) is 37.8 Å². The average molecular weight is 832 g/mol. The summed E-state index contributed by atoms with van der Waals surface area (Å²) < 4.78 is 33.4. The smallest absolute Gasteiger partial charge is 0.475 e. The van der Waals surface area contributed by atoms with Crippen molar-refractivity contribution in [3.63, 3.8) is 0 Å². The molecule has 5 aromatic rings. The number of halogens is 3. The number of aromatic nitrogens is 5. The maximum atomic E-state index is 12.8. The van der Waals surface area contributed by atoms with Crippen LogP contribution in [0.2, 0.25) is 0 Å². The quantitative estimate of drug-likeness (QED) is 0.100. The first kappa shape index (κ1) is 41.3. The Morgan fingerprint density at radius 2 is 1.60 bits per heavy atom. The monoisotopic (exact) mass is 831 g/mol. The number of amides is 5. The van der Waals surface area contributed by atoms with E-state index in [2.05, 4.69) is 50.5 Å². The number of carbonyl (C=O) groups excluding carboxylic acids is 3. The normalized spacial score (nSPS) is 21.5. The number of anilines is 3. The van der Waals surface area contributed by atoms with Crippen LogP contribution in [-0.2, 0) is 9.59 Å². The minimum atomic E-state index is -5.08. The van der Waals surface area contributed by atoms with Crippen molar-refractivity contribution in [2.75, 3.05) is 41.7 Å². The molecule has 314 valence electrons. The van der Waals surface area contributed by atoms with E-state index >= 15 is 0 Å². The number of carboxylic acid groups (broad SMARTS) is 1. The third kappa shape index (κ3) is 9.05. The van der Waals surface area contributed by atoms with Crippen LogP contribution in [0.4, 0.5) is 40.2 Å². The van der Waals surface area contributed by atoms with Gasteiger partial charge in [0.05, 0.1) is 36.8 Å². The standard InChI is InChI=1S/C37H39N11O5.C2HF3O2/c49-29-19-40-37(53)48(29)28-16-27(31(50)32(28)51)47-21-41-30-33(39-18-26(22-8-3-1-4-9-22)23-10-5-2-6-11-23)44-35(45-34(30)47)46-15-13-25(20-46)43-36(52)42-24-12-7-14-38-17-24;3-2(4,5)1(6)7/h1-12,14,17,21,25-28,31-32,50-51H,13,15-16,18-20H2,(H,40,53)(H,39,44,45)(H2,42,43,52);(H,6,7)/t25-,27-,28+,31+,32-;/m1./s1. The lowest BCUT2D eigenvalue weighted by molar-refractivity contribution is -0.192. The van der Waals surface area contributed by atoms with Crippen LogP contribution < -0.4 is 26.2 Å². The number of pyridine rings is 1. The number of rotatable bonds is 10. The zero-order valence-corrected chi connectivity index (χ0v) is 31.6. The van der Waals surface area contributed by atoms with Gasteiger partial charge < -0.3 is 46.1 Å². The first-order valence-electron chi connectivity index (χ1n) is 18.9. The van der Waals surface area contributed by atoms with Crippen molar-refractivity contribution in [3.05, 3.63) is 103 Å². The third-order valence-corrected chi connectivity index (χ3v) is 10.4. The summed E-state index contributed by atoms with van der Waals surface area (Å²) in [5.74, 6) is -2.37. The van der Waals surface area contributed by atoms with E-state index in [9.17, 15) is 37.8 Å². The minimum absolute atomic E-state index is 0.0247. The van der Waals surface area contributed by atoms with Crippen molar-refractivity contribution in [1.29, 1.82) is 0 Å². The highest BCUT2D eigenvalue weighted by molar-refractivity contribution is 6.02. The molecule has 0 unspecified atom stereocenters. The number of aliphatic hydroxyl groups excluding tert-OH is 2. The molecular weight excluding hydrogens is 791 g/mol. The predicted molar refractivity (Wildman–Crippen MR) is 209 cm³/mol. The lowest BCUT2D eigenvalue weighted by Crippen LogP contribution is -2.46. The van der Waals surface area contributed by atoms with Crippen LogP contribution in [-0.4, -0.2) is 125 Å². The molecule has 1 aliphatic carbocycles. The van der Waals surface area contributed by atoms with Gasteiger partial charge in [0.25, 0.3) is 0 Å². The van der Waals surface area contributed by atoms with E-state index in [-0.39, 0.29) is 31.0 Å². The second kappa shape index (κ2) is 17.5. The minimum Gasteiger partial charge on any atom is -0.475 e. The third-order valence-electron chi connectivity index (χ3n) is 10.4. The molecule has 2 aromatic carbocycles. The Hall–Kier alpha value is -6.87. The van der Waals surface area contributed by atoms with Crippen molar-refractivity contribution in [2.24, 2.45) is 0 Å². The number of benzene rings is 2. The van der Waals surface area contributed by atoms with Crippen molar-refractivity contribution in [3.8, 4) is 0 Å². The number of aliphatic carboxylic acids is 1. The molecular formula is C39H40F3N11O7. The van der Waals surface area contributed by atoms with Crippen molar-refractivity contribution in [2.45, 2.75) is 55.3 Å². The van der Waals surface area contributed by atoms with E-state index in [4.69, 9.17) is 24.9 Å². The zero-order valence-electron chi connectivity index (χ0n) is 31.6. The summed E-state index contributed by atoms with van der Waals surface area (Å²) in [4.78, 5) is 68.4. The molecule has 3 fully saturated rings. The molecule has 0 radical (unpaired) electrons. The van der Waals surface area contributed by atoms with Crippen LogP contribution in [0.15, 0.2) is 91.5 Å². The molecule has 21 heteroatoms. The van der Waals surface area contributed by atoms with Crippen LogP contribution in [0.3, 0.4) is 0 Å². The van der Waals surface area contributed by atoms with E-state index in [0.717, 1.165) is 16.0 Å². The van der Waals surface area contributed by atoms with Crippen LogP contribution in [0.1, 0.15) is 35.9 Å². The van der Waals surface area contributed by atoms with Crippen molar-refractivity contribution >= 4 is 52.6 Å². The molecule has 2 saturated heterocycles. The van der Waals surface area contributed by atoms with E-state index in [1.807, 2.05) is 41.3 Å². The zero-order chi connectivity index (χ0) is 42.6. The molecule has 60 heavy (non-hydrogen) atoms. The Balaban J connectivity index is 0.000000716. The lowest BCUT2D eigenvalue weighted by atomic mass is 9.91. The molecule has 18 nitrogen and oxygen atoms in total. The fourth-order valence-corrected chi connectivity index (χ4v) is 7.55. The van der Waals surface area contributed by atoms with Gasteiger partial charge in [-0.05, 0) is 36.1 Å². The van der Waals surface area contributed by atoms with Gasteiger partial charge in [-0.1, -0.05) is 60.7 Å². The van der Waals surface area contributed by atoms with Gasteiger partial charge in [0.2, 0.25) is 11.9 Å². The summed E-state index contributed by atoms with van der Waals surface area (Å²) in [5.41, 5.74) is 3.69.